The first-order valence-electron chi connectivity index (χ1n) is 14.4. The van der Waals surface area contributed by atoms with E-state index < -0.39 is 47.8 Å². The maximum Gasteiger partial charge on any atom is 0.243 e. The summed E-state index contributed by atoms with van der Waals surface area (Å²) in [6.45, 7) is 0.673. The van der Waals surface area contributed by atoms with Gasteiger partial charge in [-0.05, 0) is 56.2 Å². The number of nitrogens with zero attached hydrogens (tertiary/aromatic N) is 1. The Morgan fingerprint density at radius 1 is 0.651 bits per heavy atom. The molecule has 0 bridgehead atoms. The summed E-state index contributed by atoms with van der Waals surface area (Å²) in [5, 5.41) is 8.15. The molecule has 2 aromatic rings. The number of hydrogen-bond acceptors (Lipinski definition) is 7. The summed E-state index contributed by atoms with van der Waals surface area (Å²) < 4.78 is 0. The van der Waals surface area contributed by atoms with Crippen LogP contribution in [0.25, 0.3) is 0 Å². The van der Waals surface area contributed by atoms with Crippen LogP contribution in [0.4, 0.5) is 0 Å². The van der Waals surface area contributed by atoms with E-state index in [1.54, 1.807) is 0 Å². The largest absolute Gasteiger partial charge is 0.370 e. The van der Waals surface area contributed by atoms with E-state index in [0.29, 0.717) is 32.2 Å². The highest BCUT2D eigenvalue weighted by Gasteiger charge is 2.30. The number of hydrogen-bond donors (Lipinski definition) is 8. The van der Waals surface area contributed by atoms with Crippen molar-refractivity contribution in [3.8, 4) is 0 Å². The Balaban J connectivity index is 2.22. The highest BCUT2D eigenvalue weighted by Crippen LogP contribution is 2.09. The van der Waals surface area contributed by atoms with Crippen molar-refractivity contribution in [3.05, 3.63) is 71.8 Å². The molecular weight excluding hydrogens is 550 g/mol. The minimum Gasteiger partial charge on any atom is -0.370 e. The molecule has 0 fully saturated rings. The van der Waals surface area contributed by atoms with Crippen LogP contribution in [0.15, 0.2) is 65.7 Å². The lowest BCUT2D eigenvalue weighted by Crippen LogP contribution is -2.58. The molecule has 0 saturated carbocycles. The predicted molar refractivity (Wildman–Crippen MR) is 166 cm³/mol. The molecule has 43 heavy (non-hydrogen) atoms. The number of carbonyl (C=O) groups is 4. The number of aliphatic imine (C=N–C) groups is 1. The predicted octanol–water partition coefficient (Wildman–Crippen LogP) is -1.08. The van der Waals surface area contributed by atoms with Crippen molar-refractivity contribution in [1.82, 2.24) is 16.0 Å². The van der Waals surface area contributed by atoms with Crippen molar-refractivity contribution in [2.75, 3.05) is 13.1 Å². The Kier molecular flexibility index (Phi) is 15.2. The quantitative estimate of drug-likeness (QED) is 0.0562. The highest BCUT2D eigenvalue weighted by atomic mass is 16.2. The van der Waals surface area contributed by atoms with Gasteiger partial charge in [-0.25, -0.2) is 0 Å². The van der Waals surface area contributed by atoms with Gasteiger partial charge in [0.1, 0.15) is 18.1 Å². The molecule has 0 radical (unpaired) electrons. The van der Waals surface area contributed by atoms with E-state index in [-0.39, 0.29) is 31.8 Å². The van der Waals surface area contributed by atoms with Crippen molar-refractivity contribution in [1.29, 1.82) is 0 Å². The minimum atomic E-state index is -1.07. The van der Waals surface area contributed by atoms with Gasteiger partial charge in [-0.1, -0.05) is 60.7 Å². The fourth-order valence-electron chi connectivity index (χ4n) is 4.39. The van der Waals surface area contributed by atoms with E-state index in [1.165, 1.54) is 0 Å². The molecule has 0 aliphatic rings. The average Bonchev–Trinajstić information content (AvgIpc) is 2.98. The summed E-state index contributed by atoms with van der Waals surface area (Å²) in [5.74, 6) is -2.49. The summed E-state index contributed by atoms with van der Waals surface area (Å²) in [4.78, 5) is 56.0. The topological polar surface area (TPSA) is 247 Å². The zero-order valence-electron chi connectivity index (χ0n) is 24.4. The molecule has 13 nitrogen and oxygen atoms in total. The molecule has 0 unspecified atom stereocenters. The van der Waals surface area contributed by atoms with Gasteiger partial charge in [-0.2, -0.15) is 0 Å². The molecule has 2 rings (SSSR count). The van der Waals surface area contributed by atoms with Crippen molar-refractivity contribution in [2.45, 2.75) is 69.1 Å². The van der Waals surface area contributed by atoms with Gasteiger partial charge < -0.3 is 44.6 Å². The van der Waals surface area contributed by atoms with Gasteiger partial charge in [0.25, 0.3) is 0 Å². The van der Waals surface area contributed by atoms with Crippen molar-refractivity contribution in [3.63, 3.8) is 0 Å². The number of nitrogens with two attached hydrogens (primary N) is 5. The second-order valence-electron chi connectivity index (χ2n) is 10.3. The number of rotatable bonds is 19. The number of unbranched alkanes of at least 4 members (excludes halogenated alkanes) is 1. The molecule has 4 amide bonds. The van der Waals surface area contributed by atoms with Crippen molar-refractivity contribution in [2.24, 2.45) is 33.7 Å². The third-order valence-electron chi connectivity index (χ3n) is 6.74. The standard InChI is InChI=1S/C30H45N9O4/c31-16-8-7-14-23(26(33)40)37-29(43)25(19-21-12-5-2-6-13-21)39-28(42)24(15-9-17-36-30(34)35)38-27(41)22(32)18-20-10-3-1-4-11-20/h1-6,10-13,22-25H,7-9,14-19,31-32H2,(H2,33,40)(H,37,43)(H,38,41)(H,39,42)(H4,34,35,36)/t22-,23-,24-,25-/m1/s1. The lowest BCUT2D eigenvalue weighted by Gasteiger charge is -2.25. The molecular formula is C30H45N9O4. The lowest BCUT2D eigenvalue weighted by molar-refractivity contribution is -0.133. The van der Waals surface area contributed by atoms with Crippen molar-refractivity contribution < 1.29 is 19.2 Å². The first-order valence-corrected chi connectivity index (χ1v) is 14.4. The molecule has 13 N–H and O–H groups in total. The Hall–Kier alpha value is -4.49. The van der Waals surface area contributed by atoms with Crippen LogP contribution < -0.4 is 44.6 Å². The molecule has 0 saturated heterocycles. The van der Waals surface area contributed by atoms with E-state index in [9.17, 15) is 19.2 Å². The van der Waals surface area contributed by atoms with E-state index in [2.05, 4.69) is 20.9 Å². The van der Waals surface area contributed by atoms with Gasteiger partial charge in [0.2, 0.25) is 23.6 Å². The van der Waals surface area contributed by atoms with Gasteiger partial charge in [-0.15, -0.1) is 0 Å². The molecule has 0 aliphatic carbocycles. The summed E-state index contributed by atoms with van der Waals surface area (Å²) in [5.41, 5.74) is 29.7. The molecule has 0 heterocycles. The molecule has 4 atom stereocenters. The van der Waals surface area contributed by atoms with Gasteiger partial charge in [0.05, 0.1) is 6.04 Å². The van der Waals surface area contributed by atoms with E-state index in [4.69, 9.17) is 28.7 Å². The van der Waals surface area contributed by atoms with Crippen LogP contribution in [0.3, 0.4) is 0 Å². The van der Waals surface area contributed by atoms with Crippen molar-refractivity contribution >= 4 is 29.6 Å². The Morgan fingerprint density at radius 2 is 1.16 bits per heavy atom. The number of nitrogens with one attached hydrogen (secondary N) is 3. The monoisotopic (exact) mass is 595 g/mol. The molecule has 0 aromatic heterocycles. The zero-order chi connectivity index (χ0) is 31.6. The van der Waals surface area contributed by atoms with Crippen LogP contribution in [-0.4, -0.2) is 66.8 Å². The molecule has 0 aliphatic heterocycles. The Bertz CT molecular complexity index is 1190. The summed E-state index contributed by atoms with van der Waals surface area (Å²) >= 11 is 0. The number of primary amides is 1. The Morgan fingerprint density at radius 3 is 1.72 bits per heavy atom. The molecule has 0 spiro atoms. The van der Waals surface area contributed by atoms with Crippen LogP contribution in [0.1, 0.15) is 43.2 Å². The van der Waals surface area contributed by atoms with Gasteiger partial charge in [0.15, 0.2) is 5.96 Å². The summed E-state index contributed by atoms with van der Waals surface area (Å²) in [6.07, 6.45) is 2.51. The first-order chi connectivity index (χ1) is 20.6. The fourth-order valence-corrected chi connectivity index (χ4v) is 4.39. The van der Waals surface area contributed by atoms with Crippen LogP contribution in [0.5, 0.6) is 0 Å². The van der Waals surface area contributed by atoms with Gasteiger partial charge >= 0.3 is 0 Å². The molecule has 2 aromatic carbocycles. The SMILES string of the molecule is NCCCC[C@@H](NC(=O)[C@@H](Cc1ccccc1)NC(=O)[C@@H](CCCN=C(N)N)NC(=O)[C@H](N)Cc1ccccc1)C(N)=O. The maximum atomic E-state index is 13.6. The maximum absolute atomic E-state index is 13.6. The second kappa shape index (κ2) is 18.8. The van der Waals surface area contributed by atoms with Gasteiger partial charge in [0, 0.05) is 13.0 Å². The van der Waals surface area contributed by atoms with Crippen LogP contribution in [-0.2, 0) is 32.0 Å². The minimum absolute atomic E-state index is 0.0926. The Labute approximate surface area is 252 Å². The van der Waals surface area contributed by atoms with Crippen LogP contribution in [0.2, 0.25) is 0 Å². The third-order valence-corrected chi connectivity index (χ3v) is 6.74. The number of guanidine groups is 1. The first kappa shape index (κ1) is 34.7. The van der Waals surface area contributed by atoms with E-state index in [1.807, 2.05) is 60.7 Å². The fraction of sp³-hybridized carbons (Fsp3) is 0.433. The second-order valence-corrected chi connectivity index (χ2v) is 10.3. The summed E-state index contributed by atoms with van der Waals surface area (Å²) in [7, 11) is 0. The normalized spacial score (nSPS) is 13.5. The number of carbonyl (C=O) groups excluding carboxylic acids is 4. The van der Waals surface area contributed by atoms with Crippen LogP contribution >= 0.6 is 0 Å². The number of benzene rings is 2. The molecule has 13 heteroatoms. The third kappa shape index (κ3) is 13.4. The molecule has 234 valence electrons. The van der Waals surface area contributed by atoms with Crippen LogP contribution in [0, 0.1) is 0 Å². The van der Waals surface area contributed by atoms with Gasteiger partial charge in [-0.3, -0.25) is 24.2 Å². The zero-order valence-corrected chi connectivity index (χ0v) is 24.4. The highest BCUT2D eigenvalue weighted by molar-refractivity contribution is 5.94. The summed E-state index contributed by atoms with van der Waals surface area (Å²) in [6, 6.07) is 14.4. The lowest BCUT2D eigenvalue weighted by atomic mass is 10.0. The number of amides is 4. The average molecular weight is 596 g/mol. The smallest absolute Gasteiger partial charge is 0.243 e. The van der Waals surface area contributed by atoms with E-state index in [0.717, 1.165) is 11.1 Å². The van der Waals surface area contributed by atoms with E-state index >= 15 is 0 Å².